The molecule has 1 aromatic carbocycles. The van der Waals surface area contributed by atoms with Crippen LogP contribution in [0.25, 0.3) is 11.3 Å². The van der Waals surface area contributed by atoms with Gasteiger partial charge in [-0.05, 0) is 24.1 Å². The van der Waals surface area contributed by atoms with Crippen LogP contribution in [0, 0.1) is 0 Å². The molecular weight excluding hydrogens is 184 g/mol. The summed E-state index contributed by atoms with van der Waals surface area (Å²) in [6, 6.07) is 12.1. The Labute approximate surface area is 89.3 Å². The summed E-state index contributed by atoms with van der Waals surface area (Å²) < 4.78 is 0. The van der Waals surface area contributed by atoms with E-state index in [4.69, 9.17) is 0 Å². The minimum absolute atomic E-state index is 0.904. The maximum Gasteiger partial charge on any atom is 0.0929 e. The molecule has 0 spiro atoms. The van der Waals surface area contributed by atoms with Crippen LogP contribution in [0.3, 0.4) is 0 Å². The molecule has 2 heteroatoms. The summed E-state index contributed by atoms with van der Waals surface area (Å²) in [4.78, 5) is 0. The molecule has 15 heavy (non-hydrogen) atoms. The van der Waals surface area contributed by atoms with Gasteiger partial charge in [0.25, 0.3) is 0 Å². The molecule has 0 N–H and O–H groups in total. The van der Waals surface area contributed by atoms with Crippen molar-refractivity contribution in [2.75, 3.05) is 0 Å². The Balaban J connectivity index is 2.28. The van der Waals surface area contributed by atoms with E-state index in [0.717, 1.165) is 17.7 Å². The van der Waals surface area contributed by atoms with E-state index in [9.17, 15) is 0 Å². The Bertz CT molecular complexity index is 432. The normalized spacial score (nSPS) is 9.87. The molecule has 1 aromatic heterocycles. The van der Waals surface area contributed by atoms with Crippen molar-refractivity contribution < 1.29 is 0 Å². The number of allylic oxidation sites excluding steroid dienone is 1. The second-order valence-corrected chi connectivity index (χ2v) is 3.30. The fourth-order valence-corrected chi connectivity index (χ4v) is 1.43. The van der Waals surface area contributed by atoms with Gasteiger partial charge < -0.3 is 0 Å². The Kier molecular flexibility index (Phi) is 2.88. The average molecular weight is 196 g/mol. The molecule has 0 amide bonds. The molecule has 0 fully saturated rings. The van der Waals surface area contributed by atoms with Gasteiger partial charge in [-0.25, -0.2) is 0 Å². The molecule has 0 aliphatic carbocycles. The smallest absolute Gasteiger partial charge is 0.0929 e. The summed E-state index contributed by atoms with van der Waals surface area (Å²) in [5, 5.41) is 7.91. The highest BCUT2D eigenvalue weighted by atomic mass is 15.1. The molecule has 2 nitrogen and oxygen atoms in total. The summed E-state index contributed by atoms with van der Waals surface area (Å²) in [5.41, 5.74) is 3.26. The quantitative estimate of drug-likeness (QED) is 0.705. The zero-order valence-corrected chi connectivity index (χ0v) is 8.43. The lowest BCUT2D eigenvalue weighted by Gasteiger charge is -2.00. The molecular formula is C13H12N2. The van der Waals surface area contributed by atoms with Gasteiger partial charge in [-0.15, -0.1) is 6.58 Å². The zero-order valence-electron chi connectivity index (χ0n) is 8.43. The third-order valence-corrected chi connectivity index (χ3v) is 2.20. The predicted molar refractivity (Wildman–Crippen MR) is 61.4 cm³/mol. The highest BCUT2D eigenvalue weighted by Crippen LogP contribution is 2.16. The summed E-state index contributed by atoms with van der Waals surface area (Å²) in [6.45, 7) is 3.71. The highest BCUT2D eigenvalue weighted by Gasteiger charge is 1.97. The van der Waals surface area contributed by atoms with Gasteiger partial charge >= 0.3 is 0 Å². The number of aromatic nitrogens is 2. The number of rotatable bonds is 3. The molecule has 0 saturated heterocycles. The van der Waals surface area contributed by atoms with Crippen LogP contribution in [0.15, 0.2) is 55.3 Å². The molecule has 2 aromatic rings. The minimum atomic E-state index is 0.904. The van der Waals surface area contributed by atoms with E-state index in [1.54, 1.807) is 6.20 Å². The molecule has 0 saturated carbocycles. The number of hydrogen-bond acceptors (Lipinski definition) is 2. The third kappa shape index (κ3) is 2.29. The van der Waals surface area contributed by atoms with Crippen molar-refractivity contribution in [1.82, 2.24) is 10.2 Å². The van der Waals surface area contributed by atoms with Crippen LogP contribution >= 0.6 is 0 Å². The summed E-state index contributed by atoms with van der Waals surface area (Å²) in [7, 11) is 0. The van der Waals surface area contributed by atoms with E-state index >= 15 is 0 Å². The molecule has 1 heterocycles. The fourth-order valence-electron chi connectivity index (χ4n) is 1.43. The summed E-state index contributed by atoms with van der Waals surface area (Å²) >= 11 is 0. The largest absolute Gasteiger partial charge is 0.159 e. The van der Waals surface area contributed by atoms with Crippen molar-refractivity contribution in [1.29, 1.82) is 0 Å². The lowest BCUT2D eigenvalue weighted by Crippen LogP contribution is -1.86. The number of benzene rings is 1. The van der Waals surface area contributed by atoms with Crippen LogP contribution < -0.4 is 0 Å². The van der Waals surface area contributed by atoms with Gasteiger partial charge in [-0.2, -0.15) is 10.2 Å². The van der Waals surface area contributed by atoms with Crippen LogP contribution in [0.5, 0.6) is 0 Å². The lowest BCUT2D eigenvalue weighted by molar-refractivity contribution is 1.04. The first-order chi connectivity index (χ1) is 7.40. The molecule has 74 valence electrons. The van der Waals surface area contributed by atoms with E-state index < -0.39 is 0 Å². The summed E-state index contributed by atoms with van der Waals surface area (Å²) in [6.07, 6.45) is 4.48. The van der Waals surface area contributed by atoms with Crippen LogP contribution in [-0.2, 0) is 6.42 Å². The number of hydrogen-bond donors (Lipinski definition) is 0. The minimum Gasteiger partial charge on any atom is -0.159 e. The second-order valence-electron chi connectivity index (χ2n) is 3.30. The molecule has 0 unspecified atom stereocenters. The van der Waals surface area contributed by atoms with Crippen LogP contribution in [0.1, 0.15) is 5.56 Å². The van der Waals surface area contributed by atoms with Gasteiger partial charge in [0.05, 0.1) is 5.69 Å². The Hall–Kier alpha value is -1.96. The van der Waals surface area contributed by atoms with E-state index in [1.165, 1.54) is 5.56 Å². The Morgan fingerprint density at radius 1 is 1.13 bits per heavy atom. The third-order valence-electron chi connectivity index (χ3n) is 2.20. The van der Waals surface area contributed by atoms with E-state index in [1.807, 2.05) is 18.2 Å². The van der Waals surface area contributed by atoms with Gasteiger partial charge in [0.15, 0.2) is 0 Å². The molecule has 2 rings (SSSR count). The maximum atomic E-state index is 4.05. The standard InChI is InChI=1S/C13H12N2/c1-2-4-11-6-8-12(9-7-11)13-5-3-10-14-15-13/h2-3,5-10H,1,4H2. The first kappa shape index (κ1) is 9.59. The van der Waals surface area contributed by atoms with Crippen molar-refractivity contribution in [3.8, 4) is 11.3 Å². The first-order valence-electron chi connectivity index (χ1n) is 4.88. The van der Waals surface area contributed by atoms with Crippen LogP contribution in [-0.4, -0.2) is 10.2 Å². The molecule has 0 atom stereocenters. The van der Waals surface area contributed by atoms with E-state index in [2.05, 4.69) is 41.0 Å². The second kappa shape index (κ2) is 4.51. The molecule has 0 radical (unpaired) electrons. The highest BCUT2D eigenvalue weighted by molar-refractivity contribution is 5.58. The van der Waals surface area contributed by atoms with E-state index in [0.29, 0.717) is 0 Å². The topological polar surface area (TPSA) is 25.8 Å². The Morgan fingerprint density at radius 3 is 2.53 bits per heavy atom. The predicted octanol–water partition coefficient (Wildman–Crippen LogP) is 2.87. The van der Waals surface area contributed by atoms with Crippen molar-refractivity contribution >= 4 is 0 Å². The SMILES string of the molecule is C=CCc1ccc(-c2cccnn2)cc1. The number of nitrogens with zero attached hydrogens (tertiary/aromatic N) is 2. The van der Waals surface area contributed by atoms with Gasteiger partial charge in [0.2, 0.25) is 0 Å². The molecule has 0 bridgehead atoms. The van der Waals surface area contributed by atoms with Gasteiger partial charge in [-0.3, -0.25) is 0 Å². The van der Waals surface area contributed by atoms with Crippen LogP contribution in [0.4, 0.5) is 0 Å². The average Bonchev–Trinajstić information content (AvgIpc) is 2.32. The maximum absolute atomic E-state index is 4.05. The molecule has 0 aliphatic heterocycles. The van der Waals surface area contributed by atoms with Crippen LogP contribution in [0.2, 0.25) is 0 Å². The van der Waals surface area contributed by atoms with Crippen molar-refractivity contribution in [3.05, 3.63) is 60.8 Å². The van der Waals surface area contributed by atoms with Crippen molar-refractivity contribution in [3.63, 3.8) is 0 Å². The Morgan fingerprint density at radius 2 is 1.93 bits per heavy atom. The summed E-state index contributed by atoms with van der Waals surface area (Å²) in [5.74, 6) is 0. The van der Waals surface area contributed by atoms with Gasteiger partial charge in [0, 0.05) is 11.8 Å². The first-order valence-corrected chi connectivity index (χ1v) is 4.88. The van der Waals surface area contributed by atoms with Crippen molar-refractivity contribution in [2.24, 2.45) is 0 Å². The lowest BCUT2D eigenvalue weighted by atomic mass is 10.1. The van der Waals surface area contributed by atoms with Gasteiger partial charge in [0.1, 0.15) is 0 Å². The van der Waals surface area contributed by atoms with Crippen molar-refractivity contribution in [2.45, 2.75) is 6.42 Å². The fraction of sp³-hybridized carbons (Fsp3) is 0.0769. The molecule has 0 aliphatic rings. The zero-order chi connectivity index (χ0) is 10.5. The van der Waals surface area contributed by atoms with E-state index in [-0.39, 0.29) is 0 Å². The van der Waals surface area contributed by atoms with Gasteiger partial charge in [-0.1, -0.05) is 30.3 Å². The monoisotopic (exact) mass is 196 g/mol.